The molecule has 0 saturated carbocycles. The van der Waals surface area contributed by atoms with E-state index in [4.69, 9.17) is 0 Å². The lowest BCUT2D eigenvalue weighted by Gasteiger charge is -2.32. The monoisotopic (exact) mass is 234 g/mol. The summed E-state index contributed by atoms with van der Waals surface area (Å²) < 4.78 is 0. The molecule has 0 spiro atoms. The molecule has 1 aliphatic rings. The molecule has 1 rings (SSSR count). The average molecular weight is 234 g/mol. The molecule has 1 aliphatic carbocycles. The zero-order valence-electron chi connectivity index (χ0n) is 11.3. The fourth-order valence-corrected chi connectivity index (χ4v) is 2.49. The third-order valence-electron chi connectivity index (χ3n) is 3.40. The summed E-state index contributed by atoms with van der Waals surface area (Å²) in [7, 11) is 0. The predicted octanol–water partition coefficient (Wildman–Crippen LogP) is 3.62. The van der Waals surface area contributed by atoms with Gasteiger partial charge in [-0.3, -0.25) is 9.59 Å². The molecule has 0 bridgehead atoms. The highest BCUT2D eigenvalue weighted by atomic mass is 16.1. The van der Waals surface area contributed by atoms with Crippen molar-refractivity contribution in [3.63, 3.8) is 0 Å². The van der Waals surface area contributed by atoms with E-state index in [9.17, 15) is 9.59 Å². The first-order valence-corrected chi connectivity index (χ1v) is 6.23. The predicted molar refractivity (Wildman–Crippen MR) is 69.8 cm³/mol. The molecule has 0 aromatic heterocycles. The van der Waals surface area contributed by atoms with Gasteiger partial charge in [-0.05, 0) is 50.2 Å². The lowest BCUT2D eigenvalue weighted by atomic mass is 9.72. The molecule has 0 radical (unpaired) electrons. The standard InChI is InChI=1S/C15H22O2/c1-11-6-5-9-15(3,4)14(11)8-7-13(17)10-12(2)16/h7-8H,5-6,9-10H2,1-4H3/b8-7+. The third kappa shape index (κ3) is 3.95. The van der Waals surface area contributed by atoms with Gasteiger partial charge in [-0.15, -0.1) is 0 Å². The van der Waals surface area contributed by atoms with Crippen LogP contribution in [0.1, 0.15) is 53.4 Å². The Balaban J connectivity index is 2.82. The van der Waals surface area contributed by atoms with Gasteiger partial charge < -0.3 is 0 Å². The van der Waals surface area contributed by atoms with Crippen LogP contribution in [0.2, 0.25) is 0 Å². The summed E-state index contributed by atoms with van der Waals surface area (Å²) in [5.41, 5.74) is 2.78. The van der Waals surface area contributed by atoms with Gasteiger partial charge in [-0.2, -0.15) is 0 Å². The van der Waals surface area contributed by atoms with E-state index in [2.05, 4.69) is 20.8 Å². The summed E-state index contributed by atoms with van der Waals surface area (Å²) in [6.45, 7) is 8.01. The summed E-state index contributed by atoms with van der Waals surface area (Å²) in [5.74, 6) is -0.174. The molecule has 0 atom stereocenters. The molecule has 17 heavy (non-hydrogen) atoms. The fraction of sp³-hybridized carbons (Fsp3) is 0.600. The van der Waals surface area contributed by atoms with Crippen LogP contribution in [0.4, 0.5) is 0 Å². The highest BCUT2D eigenvalue weighted by molar-refractivity contribution is 6.03. The maximum absolute atomic E-state index is 11.5. The number of Topliss-reactive ketones (excluding diaryl/α,β-unsaturated/α-hetero) is 1. The summed E-state index contributed by atoms with van der Waals surface area (Å²) in [5, 5.41) is 0. The molecular formula is C15H22O2. The first-order chi connectivity index (χ1) is 7.83. The van der Waals surface area contributed by atoms with E-state index in [-0.39, 0.29) is 23.4 Å². The molecule has 0 amide bonds. The number of hydrogen-bond donors (Lipinski definition) is 0. The SMILES string of the molecule is CC(=O)CC(=O)/C=C/C1=C(C)CCCC1(C)C. The van der Waals surface area contributed by atoms with Crippen LogP contribution in [-0.4, -0.2) is 11.6 Å². The van der Waals surface area contributed by atoms with E-state index in [1.54, 1.807) is 6.08 Å². The van der Waals surface area contributed by atoms with Crippen LogP contribution in [0.5, 0.6) is 0 Å². The van der Waals surface area contributed by atoms with Crippen molar-refractivity contribution in [2.75, 3.05) is 0 Å². The Kier molecular flexibility index (Phi) is 4.44. The maximum Gasteiger partial charge on any atom is 0.163 e. The van der Waals surface area contributed by atoms with Crippen LogP contribution in [-0.2, 0) is 9.59 Å². The summed E-state index contributed by atoms with van der Waals surface area (Å²) >= 11 is 0. The topological polar surface area (TPSA) is 34.1 Å². The quantitative estimate of drug-likeness (QED) is 0.550. The molecule has 0 fully saturated rings. The number of hydrogen-bond acceptors (Lipinski definition) is 2. The normalized spacial score (nSPS) is 19.8. The summed E-state index contributed by atoms with van der Waals surface area (Å²) in [6.07, 6.45) is 6.99. The zero-order valence-corrected chi connectivity index (χ0v) is 11.3. The molecule has 0 saturated heterocycles. The van der Waals surface area contributed by atoms with Crippen molar-refractivity contribution in [1.82, 2.24) is 0 Å². The van der Waals surface area contributed by atoms with Crippen LogP contribution < -0.4 is 0 Å². The molecule has 0 N–H and O–H groups in total. The lowest BCUT2D eigenvalue weighted by Crippen LogP contribution is -2.19. The van der Waals surface area contributed by atoms with E-state index < -0.39 is 0 Å². The second kappa shape index (κ2) is 5.44. The molecule has 0 heterocycles. The van der Waals surface area contributed by atoms with E-state index in [1.807, 2.05) is 6.08 Å². The molecule has 2 heteroatoms. The second-order valence-corrected chi connectivity index (χ2v) is 5.61. The Bertz CT molecular complexity index is 384. The van der Waals surface area contributed by atoms with Gasteiger partial charge in [0.05, 0.1) is 6.42 Å². The largest absolute Gasteiger partial charge is 0.300 e. The van der Waals surface area contributed by atoms with E-state index in [1.165, 1.54) is 24.5 Å². The number of allylic oxidation sites excluding steroid dienone is 4. The van der Waals surface area contributed by atoms with Crippen LogP contribution in [0, 0.1) is 5.41 Å². The van der Waals surface area contributed by atoms with Crippen molar-refractivity contribution in [2.24, 2.45) is 5.41 Å². The van der Waals surface area contributed by atoms with Crippen molar-refractivity contribution < 1.29 is 9.59 Å². The van der Waals surface area contributed by atoms with Gasteiger partial charge in [-0.25, -0.2) is 0 Å². The summed E-state index contributed by atoms with van der Waals surface area (Å²) in [4.78, 5) is 22.3. The van der Waals surface area contributed by atoms with Gasteiger partial charge in [0, 0.05) is 0 Å². The van der Waals surface area contributed by atoms with Gasteiger partial charge in [0.15, 0.2) is 5.78 Å². The van der Waals surface area contributed by atoms with Crippen molar-refractivity contribution in [2.45, 2.75) is 53.4 Å². The van der Waals surface area contributed by atoms with Crippen LogP contribution >= 0.6 is 0 Å². The Morgan fingerprint density at radius 2 is 2.00 bits per heavy atom. The Labute approximate surface area is 104 Å². The minimum absolute atomic E-state index is 0.0171. The Hall–Kier alpha value is -1.18. The minimum atomic E-state index is -0.0980. The molecule has 94 valence electrons. The number of rotatable bonds is 4. The zero-order chi connectivity index (χ0) is 13.1. The molecule has 0 aromatic carbocycles. The Morgan fingerprint density at radius 3 is 2.53 bits per heavy atom. The van der Waals surface area contributed by atoms with Crippen molar-refractivity contribution in [3.05, 3.63) is 23.3 Å². The van der Waals surface area contributed by atoms with Crippen molar-refractivity contribution in [3.8, 4) is 0 Å². The van der Waals surface area contributed by atoms with Gasteiger partial charge in [0.1, 0.15) is 5.78 Å². The van der Waals surface area contributed by atoms with Gasteiger partial charge >= 0.3 is 0 Å². The smallest absolute Gasteiger partial charge is 0.163 e. The van der Waals surface area contributed by atoms with Crippen LogP contribution in [0.15, 0.2) is 23.3 Å². The van der Waals surface area contributed by atoms with E-state index in [0.717, 1.165) is 12.8 Å². The number of carbonyl (C=O) groups is 2. The van der Waals surface area contributed by atoms with E-state index in [0.29, 0.717) is 0 Å². The highest BCUT2D eigenvalue weighted by Gasteiger charge is 2.26. The first-order valence-electron chi connectivity index (χ1n) is 6.23. The fourth-order valence-electron chi connectivity index (χ4n) is 2.49. The summed E-state index contributed by atoms with van der Waals surface area (Å²) in [6, 6.07) is 0. The van der Waals surface area contributed by atoms with Gasteiger partial charge in [0.25, 0.3) is 0 Å². The second-order valence-electron chi connectivity index (χ2n) is 5.61. The van der Waals surface area contributed by atoms with Crippen molar-refractivity contribution >= 4 is 11.6 Å². The third-order valence-corrected chi connectivity index (χ3v) is 3.40. The minimum Gasteiger partial charge on any atom is -0.300 e. The van der Waals surface area contributed by atoms with E-state index >= 15 is 0 Å². The average Bonchev–Trinajstić information content (AvgIpc) is 2.14. The first kappa shape index (κ1) is 13.9. The molecule has 0 aliphatic heterocycles. The highest BCUT2D eigenvalue weighted by Crippen LogP contribution is 2.40. The number of ketones is 2. The maximum atomic E-state index is 11.5. The molecular weight excluding hydrogens is 212 g/mol. The molecule has 2 nitrogen and oxygen atoms in total. The van der Waals surface area contributed by atoms with Crippen molar-refractivity contribution in [1.29, 1.82) is 0 Å². The van der Waals surface area contributed by atoms with Gasteiger partial charge in [0.2, 0.25) is 0 Å². The van der Waals surface area contributed by atoms with Crippen LogP contribution in [0.25, 0.3) is 0 Å². The van der Waals surface area contributed by atoms with Gasteiger partial charge in [-0.1, -0.05) is 25.5 Å². The molecule has 0 unspecified atom stereocenters. The Morgan fingerprint density at radius 1 is 1.35 bits per heavy atom. The lowest BCUT2D eigenvalue weighted by molar-refractivity contribution is -0.123. The van der Waals surface area contributed by atoms with Crippen LogP contribution in [0.3, 0.4) is 0 Å². The number of carbonyl (C=O) groups excluding carboxylic acids is 2. The molecule has 0 aromatic rings.